The number of carbonyl (C=O) groups excluding carboxylic acids is 2. The molecule has 2 saturated heterocycles. The van der Waals surface area contributed by atoms with Gasteiger partial charge in [-0.05, 0) is 41.8 Å². The Bertz CT molecular complexity index is 1310. The Balaban J connectivity index is 1.12. The van der Waals surface area contributed by atoms with Gasteiger partial charge in [0, 0.05) is 53.5 Å². The number of amides is 3. The third-order valence-electron chi connectivity index (χ3n) is 7.01. The van der Waals surface area contributed by atoms with Crippen molar-refractivity contribution in [2.45, 2.75) is 25.0 Å². The average molecular weight is 598 g/mol. The van der Waals surface area contributed by atoms with E-state index in [1.54, 1.807) is 46.6 Å². The third kappa shape index (κ3) is 5.92. The minimum Gasteiger partial charge on any atom is -0.479 e. The van der Waals surface area contributed by atoms with Crippen molar-refractivity contribution in [3.05, 3.63) is 81.6 Å². The zero-order valence-corrected chi connectivity index (χ0v) is 23.2. The monoisotopic (exact) mass is 596 g/mol. The first-order valence-corrected chi connectivity index (χ1v) is 14.2. The van der Waals surface area contributed by atoms with Crippen LogP contribution in [0.1, 0.15) is 22.9 Å². The molecular weight excluding hydrogens is 568 g/mol. The molecule has 3 amide bonds. The molecule has 2 fully saturated rings. The molecule has 1 aromatic heterocycles. The van der Waals surface area contributed by atoms with Crippen LogP contribution >= 0.6 is 27.3 Å². The summed E-state index contributed by atoms with van der Waals surface area (Å²) in [7, 11) is 0. The lowest BCUT2D eigenvalue weighted by Crippen LogP contribution is -2.54. The molecule has 10 heteroatoms. The highest BCUT2D eigenvalue weighted by molar-refractivity contribution is 9.10. The number of hydrogen-bond acceptors (Lipinski definition) is 5. The second-order valence-electron chi connectivity index (χ2n) is 9.51. The number of carboxylic acid groups (broad SMARTS) is 1. The minimum absolute atomic E-state index is 0.274. The lowest BCUT2D eigenvalue weighted by atomic mass is 10.1. The summed E-state index contributed by atoms with van der Waals surface area (Å²) in [5, 5.41) is 12.6. The van der Waals surface area contributed by atoms with Gasteiger partial charge in [-0.2, -0.15) is 0 Å². The Morgan fingerprint density at radius 2 is 1.76 bits per heavy atom. The standard InChI is InChI=1S/C28H29BrN4O4S/c29-21-8-4-7-20(17-21)24-10-9-22(38-24)18-31-13-15-32(16-14-31)28(37)30-23-11-12-33(26(23)34)25(27(35)36)19-5-2-1-3-6-19/h1-10,17,23,25H,11-16,18H2,(H,30,37)(H,35,36). The molecule has 198 valence electrons. The summed E-state index contributed by atoms with van der Waals surface area (Å²) in [4.78, 5) is 45.9. The number of likely N-dealkylation sites (tertiary alicyclic amines) is 1. The van der Waals surface area contributed by atoms with Crippen molar-refractivity contribution in [3.63, 3.8) is 0 Å². The molecule has 0 saturated carbocycles. The fraction of sp³-hybridized carbons (Fsp3) is 0.321. The molecule has 0 aliphatic carbocycles. The van der Waals surface area contributed by atoms with Crippen LogP contribution in [0.15, 0.2) is 71.2 Å². The van der Waals surface area contributed by atoms with E-state index < -0.39 is 18.1 Å². The van der Waals surface area contributed by atoms with Gasteiger partial charge in [0.15, 0.2) is 6.04 Å². The largest absolute Gasteiger partial charge is 0.479 e. The second kappa shape index (κ2) is 11.7. The van der Waals surface area contributed by atoms with Crippen LogP contribution in [0.2, 0.25) is 0 Å². The van der Waals surface area contributed by atoms with Crippen LogP contribution in [0, 0.1) is 0 Å². The Hall–Kier alpha value is -3.21. The maximum absolute atomic E-state index is 13.0. The van der Waals surface area contributed by atoms with E-state index in [-0.39, 0.29) is 18.5 Å². The number of urea groups is 1. The number of carbonyl (C=O) groups is 3. The van der Waals surface area contributed by atoms with Crippen molar-refractivity contribution in [1.82, 2.24) is 20.0 Å². The highest BCUT2D eigenvalue weighted by Gasteiger charge is 2.41. The van der Waals surface area contributed by atoms with Crippen LogP contribution in [0.25, 0.3) is 10.4 Å². The van der Waals surface area contributed by atoms with Crippen LogP contribution in [-0.2, 0) is 16.1 Å². The van der Waals surface area contributed by atoms with Gasteiger partial charge in [-0.25, -0.2) is 9.59 Å². The number of thiophene rings is 1. The van der Waals surface area contributed by atoms with Gasteiger partial charge in [0.1, 0.15) is 6.04 Å². The lowest BCUT2D eigenvalue weighted by Gasteiger charge is -2.35. The van der Waals surface area contributed by atoms with E-state index >= 15 is 0 Å². The van der Waals surface area contributed by atoms with E-state index in [9.17, 15) is 19.5 Å². The van der Waals surface area contributed by atoms with Crippen LogP contribution in [0.5, 0.6) is 0 Å². The van der Waals surface area contributed by atoms with E-state index in [1.165, 1.54) is 20.2 Å². The number of aliphatic carboxylic acids is 1. The summed E-state index contributed by atoms with van der Waals surface area (Å²) in [6, 6.07) is 19.3. The molecule has 5 rings (SSSR count). The fourth-order valence-electron chi connectivity index (χ4n) is 5.01. The number of nitrogens with zero attached hydrogens (tertiary/aromatic N) is 3. The molecule has 2 atom stereocenters. The summed E-state index contributed by atoms with van der Waals surface area (Å²) in [6.45, 7) is 3.76. The topological polar surface area (TPSA) is 93.2 Å². The van der Waals surface area contributed by atoms with Gasteiger partial charge < -0.3 is 20.2 Å². The summed E-state index contributed by atoms with van der Waals surface area (Å²) >= 11 is 5.31. The van der Waals surface area contributed by atoms with Crippen LogP contribution in [-0.4, -0.2) is 76.5 Å². The molecule has 2 N–H and O–H groups in total. The number of halogens is 1. The molecule has 2 aliphatic heterocycles. The quantitative estimate of drug-likeness (QED) is 0.421. The average Bonchev–Trinajstić information content (AvgIpc) is 3.52. The van der Waals surface area contributed by atoms with E-state index in [0.717, 1.165) is 24.1 Å². The number of rotatable bonds is 7. The van der Waals surface area contributed by atoms with Gasteiger partial charge in [0.05, 0.1) is 0 Å². The molecule has 2 unspecified atom stereocenters. The zero-order chi connectivity index (χ0) is 26.6. The normalized spacial score (nSPS) is 19.0. The van der Waals surface area contributed by atoms with Crippen LogP contribution in [0.3, 0.4) is 0 Å². The van der Waals surface area contributed by atoms with Crippen molar-refractivity contribution in [2.75, 3.05) is 32.7 Å². The Morgan fingerprint density at radius 1 is 1.00 bits per heavy atom. The second-order valence-corrected chi connectivity index (χ2v) is 11.6. The maximum atomic E-state index is 13.0. The Labute approximate surface area is 234 Å². The highest BCUT2D eigenvalue weighted by Crippen LogP contribution is 2.31. The van der Waals surface area contributed by atoms with E-state index in [2.05, 4.69) is 50.4 Å². The van der Waals surface area contributed by atoms with Crippen molar-refractivity contribution in [3.8, 4) is 10.4 Å². The number of piperazine rings is 1. The lowest BCUT2D eigenvalue weighted by molar-refractivity contribution is -0.149. The smallest absolute Gasteiger partial charge is 0.331 e. The van der Waals surface area contributed by atoms with Crippen LogP contribution < -0.4 is 5.32 Å². The first kappa shape index (κ1) is 26.4. The van der Waals surface area contributed by atoms with Gasteiger partial charge in [0.2, 0.25) is 5.91 Å². The van der Waals surface area contributed by atoms with Crippen LogP contribution in [0.4, 0.5) is 4.79 Å². The van der Waals surface area contributed by atoms with Gasteiger partial charge in [-0.15, -0.1) is 11.3 Å². The number of carboxylic acids is 1. The molecule has 38 heavy (non-hydrogen) atoms. The molecular formula is C28H29BrN4O4S. The SMILES string of the molecule is O=C(O)C(c1ccccc1)N1CCC(NC(=O)N2CCN(Cc3ccc(-c4cccc(Br)c4)s3)CC2)C1=O. The highest BCUT2D eigenvalue weighted by atomic mass is 79.9. The fourth-order valence-corrected chi connectivity index (χ4v) is 6.46. The van der Waals surface area contributed by atoms with E-state index in [1.807, 2.05) is 12.1 Å². The Kier molecular flexibility index (Phi) is 8.11. The van der Waals surface area contributed by atoms with Gasteiger partial charge >= 0.3 is 12.0 Å². The van der Waals surface area contributed by atoms with Crippen molar-refractivity contribution in [2.24, 2.45) is 0 Å². The summed E-state index contributed by atoms with van der Waals surface area (Å²) in [5.74, 6) is -1.44. The molecule has 3 heterocycles. The predicted molar refractivity (Wildman–Crippen MR) is 150 cm³/mol. The summed E-state index contributed by atoms with van der Waals surface area (Å²) in [6.07, 6.45) is 0.389. The number of benzene rings is 2. The maximum Gasteiger partial charge on any atom is 0.331 e. The van der Waals surface area contributed by atoms with Crippen molar-refractivity contribution in [1.29, 1.82) is 0 Å². The third-order valence-corrected chi connectivity index (χ3v) is 8.62. The number of hydrogen-bond donors (Lipinski definition) is 2. The molecule has 0 bridgehead atoms. The minimum atomic E-state index is -1.08. The van der Waals surface area contributed by atoms with E-state index in [4.69, 9.17) is 0 Å². The Morgan fingerprint density at radius 3 is 2.47 bits per heavy atom. The molecule has 2 aromatic carbocycles. The van der Waals surface area contributed by atoms with Crippen molar-refractivity contribution < 1.29 is 19.5 Å². The molecule has 0 spiro atoms. The molecule has 2 aliphatic rings. The zero-order valence-electron chi connectivity index (χ0n) is 20.8. The molecule has 8 nitrogen and oxygen atoms in total. The summed E-state index contributed by atoms with van der Waals surface area (Å²) < 4.78 is 1.06. The summed E-state index contributed by atoms with van der Waals surface area (Å²) in [5.41, 5.74) is 1.74. The number of nitrogens with one attached hydrogen (secondary N) is 1. The van der Waals surface area contributed by atoms with E-state index in [0.29, 0.717) is 25.1 Å². The molecule has 3 aromatic rings. The first-order valence-electron chi connectivity index (χ1n) is 12.6. The van der Waals surface area contributed by atoms with Gasteiger partial charge in [-0.1, -0.05) is 58.4 Å². The predicted octanol–water partition coefficient (Wildman–Crippen LogP) is 4.43. The van der Waals surface area contributed by atoms with Gasteiger partial charge in [-0.3, -0.25) is 9.69 Å². The van der Waals surface area contributed by atoms with Gasteiger partial charge in [0.25, 0.3) is 0 Å². The molecule has 0 radical (unpaired) electrons. The first-order chi connectivity index (χ1) is 18.4. The van der Waals surface area contributed by atoms with Crippen molar-refractivity contribution >= 4 is 45.2 Å².